The number of halogens is 4. The number of benzene rings is 2. The highest BCUT2D eigenvalue weighted by Crippen LogP contribution is 2.27. The Kier molecular flexibility index (Phi) is 9.95. The lowest BCUT2D eigenvalue weighted by Crippen LogP contribution is -2.49. The maximum Gasteiger partial charge on any atom is 0.573 e. The van der Waals surface area contributed by atoms with E-state index < -0.39 is 12.4 Å². The van der Waals surface area contributed by atoms with E-state index >= 15 is 0 Å². The number of hydrogen-bond donors (Lipinski definition) is 3. The fourth-order valence-corrected chi connectivity index (χ4v) is 4.31. The molecule has 6 nitrogen and oxygen atoms in total. The predicted octanol–water partition coefficient (Wildman–Crippen LogP) is 4.95. The van der Waals surface area contributed by atoms with Crippen molar-refractivity contribution >= 4 is 17.5 Å². The minimum absolute atomic E-state index is 0.0765. The zero-order chi connectivity index (χ0) is 26.0. The molecule has 0 unspecified atom stereocenters. The van der Waals surface area contributed by atoms with Gasteiger partial charge in [0.15, 0.2) is 0 Å². The highest BCUT2D eigenvalue weighted by atomic mass is 19.4. The summed E-state index contributed by atoms with van der Waals surface area (Å²) in [6.45, 7) is 0.738. The Bertz CT molecular complexity index is 975. The maximum absolute atomic E-state index is 13.0. The number of nitrogens with one attached hydrogen (secondary N) is 3. The van der Waals surface area contributed by atoms with Crippen molar-refractivity contribution in [3.8, 4) is 5.75 Å². The van der Waals surface area contributed by atoms with Crippen LogP contribution in [0.2, 0.25) is 0 Å². The largest absolute Gasteiger partial charge is 0.573 e. The number of carbonyl (C=O) groups excluding carboxylic acids is 2. The van der Waals surface area contributed by atoms with E-state index in [-0.39, 0.29) is 29.8 Å². The van der Waals surface area contributed by atoms with Crippen LogP contribution in [0.3, 0.4) is 0 Å². The predicted molar refractivity (Wildman–Crippen MR) is 128 cm³/mol. The second-order valence-electron chi connectivity index (χ2n) is 8.95. The summed E-state index contributed by atoms with van der Waals surface area (Å²) in [5, 5.41) is 8.74. The SMILES string of the molecule is O=C(Cc1ccc(OC(F)(F)F)cc1)N[C@@H](CC1CCCCC1)C(=O)NCCNc1ccc(F)cc1. The van der Waals surface area contributed by atoms with E-state index in [1.165, 1.54) is 30.7 Å². The molecule has 1 aliphatic rings. The molecule has 3 N–H and O–H groups in total. The van der Waals surface area contributed by atoms with Gasteiger partial charge in [0, 0.05) is 18.8 Å². The molecule has 36 heavy (non-hydrogen) atoms. The third-order valence-corrected chi connectivity index (χ3v) is 6.06. The first-order valence-electron chi connectivity index (χ1n) is 12.1. The van der Waals surface area contributed by atoms with Crippen molar-refractivity contribution < 1.29 is 31.9 Å². The maximum atomic E-state index is 13.0. The molecule has 0 heterocycles. The fourth-order valence-electron chi connectivity index (χ4n) is 4.31. The van der Waals surface area contributed by atoms with Crippen LogP contribution in [0.25, 0.3) is 0 Å². The summed E-state index contributed by atoms with van der Waals surface area (Å²) < 4.78 is 53.9. The van der Waals surface area contributed by atoms with E-state index in [1.54, 1.807) is 12.1 Å². The third kappa shape index (κ3) is 9.75. The van der Waals surface area contributed by atoms with E-state index in [1.807, 2.05) is 0 Å². The number of ether oxygens (including phenoxy) is 1. The van der Waals surface area contributed by atoms with Gasteiger partial charge in [-0.05, 0) is 54.3 Å². The van der Waals surface area contributed by atoms with E-state index in [9.17, 15) is 27.2 Å². The van der Waals surface area contributed by atoms with Gasteiger partial charge in [-0.15, -0.1) is 13.2 Å². The molecule has 0 aliphatic heterocycles. The van der Waals surface area contributed by atoms with E-state index in [2.05, 4.69) is 20.7 Å². The van der Waals surface area contributed by atoms with Crippen LogP contribution in [0.4, 0.5) is 23.2 Å². The molecule has 0 bridgehead atoms. The normalized spacial score (nSPS) is 15.1. The van der Waals surface area contributed by atoms with Crippen molar-refractivity contribution in [3.05, 3.63) is 59.9 Å². The summed E-state index contributed by atoms with van der Waals surface area (Å²) in [5.74, 6) is -1.04. The van der Waals surface area contributed by atoms with Crippen molar-refractivity contribution in [3.63, 3.8) is 0 Å². The van der Waals surface area contributed by atoms with Crippen LogP contribution in [0.1, 0.15) is 44.1 Å². The molecule has 0 aromatic heterocycles. The van der Waals surface area contributed by atoms with Gasteiger partial charge in [0.25, 0.3) is 0 Å². The van der Waals surface area contributed by atoms with Crippen LogP contribution in [0.5, 0.6) is 5.75 Å². The van der Waals surface area contributed by atoms with Crippen molar-refractivity contribution in [1.29, 1.82) is 0 Å². The Labute approximate surface area is 207 Å². The molecule has 3 rings (SSSR count). The molecule has 1 atom stereocenters. The van der Waals surface area contributed by atoms with Crippen molar-refractivity contribution in [2.45, 2.75) is 57.3 Å². The molecule has 2 aromatic carbocycles. The standard InChI is InChI=1S/C26H31F4N3O3/c27-20-8-10-21(11-9-20)31-14-15-32-25(35)23(16-18-4-2-1-3-5-18)33-24(34)17-19-6-12-22(13-7-19)36-26(28,29)30/h6-13,18,23,31H,1-5,14-17H2,(H,32,35)(H,33,34)/t23-/m0/s1. The van der Waals surface area contributed by atoms with Gasteiger partial charge in [-0.3, -0.25) is 9.59 Å². The van der Waals surface area contributed by atoms with Crippen LogP contribution in [-0.4, -0.2) is 37.3 Å². The molecular formula is C26H31F4N3O3. The minimum Gasteiger partial charge on any atom is -0.406 e. The Morgan fingerprint density at radius 3 is 2.25 bits per heavy atom. The molecule has 1 aliphatic carbocycles. The first-order chi connectivity index (χ1) is 17.2. The molecule has 10 heteroatoms. The van der Waals surface area contributed by atoms with Crippen LogP contribution in [-0.2, 0) is 16.0 Å². The second-order valence-corrected chi connectivity index (χ2v) is 8.95. The van der Waals surface area contributed by atoms with Crippen molar-refractivity contribution in [1.82, 2.24) is 10.6 Å². The van der Waals surface area contributed by atoms with Crippen LogP contribution >= 0.6 is 0 Å². The van der Waals surface area contributed by atoms with Gasteiger partial charge in [0.1, 0.15) is 17.6 Å². The summed E-state index contributed by atoms with van der Waals surface area (Å²) >= 11 is 0. The molecule has 0 spiro atoms. The Morgan fingerprint density at radius 1 is 0.944 bits per heavy atom. The molecule has 196 valence electrons. The minimum atomic E-state index is -4.78. The molecule has 2 amide bonds. The van der Waals surface area contributed by atoms with Gasteiger partial charge in [-0.25, -0.2) is 4.39 Å². The third-order valence-electron chi connectivity index (χ3n) is 6.06. The lowest BCUT2D eigenvalue weighted by molar-refractivity contribution is -0.274. The number of carbonyl (C=O) groups is 2. The molecule has 0 radical (unpaired) electrons. The zero-order valence-corrected chi connectivity index (χ0v) is 19.9. The number of anilines is 1. The average molecular weight is 510 g/mol. The highest BCUT2D eigenvalue weighted by molar-refractivity contribution is 5.88. The molecule has 0 saturated heterocycles. The van der Waals surface area contributed by atoms with Crippen LogP contribution in [0, 0.1) is 11.7 Å². The molecular weight excluding hydrogens is 478 g/mol. The van der Waals surface area contributed by atoms with Gasteiger partial charge in [0.05, 0.1) is 6.42 Å². The van der Waals surface area contributed by atoms with Crippen molar-refractivity contribution in [2.75, 3.05) is 18.4 Å². The summed E-state index contributed by atoms with van der Waals surface area (Å²) in [5.41, 5.74) is 1.23. The van der Waals surface area contributed by atoms with Gasteiger partial charge in [-0.1, -0.05) is 44.2 Å². The Balaban J connectivity index is 1.52. The number of amides is 2. The van der Waals surface area contributed by atoms with Crippen LogP contribution in [0.15, 0.2) is 48.5 Å². The Hall–Kier alpha value is -3.30. The lowest BCUT2D eigenvalue weighted by Gasteiger charge is -2.26. The summed E-state index contributed by atoms with van der Waals surface area (Å²) in [7, 11) is 0. The number of alkyl halides is 3. The van der Waals surface area contributed by atoms with Gasteiger partial charge < -0.3 is 20.7 Å². The van der Waals surface area contributed by atoms with Crippen molar-refractivity contribution in [2.24, 2.45) is 5.92 Å². The summed E-state index contributed by atoms with van der Waals surface area (Å²) in [6.07, 6.45) is 1.05. The number of hydrogen-bond acceptors (Lipinski definition) is 4. The topological polar surface area (TPSA) is 79.5 Å². The zero-order valence-electron chi connectivity index (χ0n) is 19.9. The van der Waals surface area contributed by atoms with E-state index in [0.29, 0.717) is 31.0 Å². The van der Waals surface area contributed by atoms with Gasteiger partial charge >= 0.3 is 6.36 Å². The van der Waals surface area contributed by atoms with Gasteiger partial charge in [0.2, 0.25) is 11.8 Å². The Morgan fingerprint density at radius 2 is 1.61 bits per heavy atom. The van der Waals surface area contributed by atoms with Crippen LogP contribution < -0.4 is 20.7 Å². The fraction of sp³-hybridized carbons (Fsp3) is 0.462. The van der Waals surface area contributed by atoms with E-state index in [0.717, 1.165) is 43.5 Å². The average Bonchev–Trinajstić information content (AvgIpc) is 2.83. The summed E-state index contributed by atoms with van der Waals surface area (Å²) in [4.78, 5) is 25.6. The second kappa shape index (κ2) is 13.1. The molecule has 1 fully saturated rings. The van der Waals surface area contributed by atoms with E-state index in [4.69, 9.17) is 0 Å². The first-order valence-corrected chi connectivity index (χ1v) is 12.1. The monoisotopic (exact) mass is 509 g/mol. The quantitative estimate of drug-likeness (QED) is 0.296. The highest BCUT2D eigenvalue weighted by Gasteiger charge is 2.31. The smallest absolute Gasteiger partial charge is 0.406 e. The molecule has 1 saturated carbocycles. The first kappa shape index (κ1) is 27.3. The lowest BCUT2D eigenvalue weighted by atomic mass is 9.84. The number of rotatable bonds is 11. The molecule has 2 aromatic rings. The van der Waals surface area contributed by atoms with Gasteiger partial charge in [-0.2, -0.15) is 0 Å². The summed E-state index contributed by atoms with van der Waals surface area (Å²) in [6, 6.07) is 10.2.